The summed E-state index contributed by atoms with van der Waals surface area (Å²) >= 11 is 0. The average molecular weight is 465 g/mol. The molecule has 2 aliphatic heterocycles. The fourth-order valence-corrected chi connectivity index (χ4v) is 5.65. The maximum Gasteiger partial charge on any atom is 0.257 e. The predicted octanol–water partition coefficient (Wildman–Crippen LogP) is 4.49. The number of aryl methyl sites for hydroxylation is 1. The van der Waals surface area contributed by atoms with Gasteiger partial charge in [-0.15, -0.1) is 0 Å². The molecule has 4 aromatic rings. The van der Waals surface area contributed by atoms with Crippen LogP contribution < -0.4 is 10.2 Å². The molecule has 6 rings (SSSR count). The first-order valence-corrected chi connectivity index (χ1v) is 12.2. The van der Waals surface area contributed by atoms with E-state index in [1.165, 1.54) is 10.9 Å². The Labute approximate surface area is 204 Å². The predicted molar refractivity (Wildman–Crippen MR) is 137 cm³/mol. The summed E-state index contributed by atoms with van der Waals surface area (Å²) in [5, 5.41) is 4.26. The highest BCUT2D eigenvalue weighted by Crippen LogP contribution is 2.44. The molecule has 1 aromatic heterocycles. The van der Waals surface area contributed by atoms with Gasteiger partial charge in [0, 0.05) is 44.0 Å². The van der Waals surface area contributed by atoms with Crippen molar-refractivity contribution in [2.75, 3.05) is 18.5 Å². The van der Waals surface area contributed by atoms with Gasteiger partial charge in [0.1, 0.15) is 6.17 Å². The van der Waals surface area contributed by atoms with Crippen LogP contribution in [0.3, 0.4) is 0 Å². The molecule has 0 saturated heterocycles. The summed E-state index contributed by atoms with van der Waals surface area (Å²) in [7, 11) is 2.06. The second-order valence-electron chi connectivity index (χ2n) is 9.30. The Hall–Kier alpha value is -4.06. The van der Waals surface area contributed by atoms with Gasteiger partial charge in [0.2, 0.25) is 5.91 Å². The molecule has 2 aliphatic rings. The number of nitrogens with zero attached hydrogens (tertiary/aromatic N) is 3. The van der Waals surface area contributed by atoms with Crippen molar-refractivity contribution in [3.05, 3.63) is 101 Å². The highest BCUT2D eigenvalue weighted by Gasteiger charge is 2.42. The molecular formula is C29H28N4O2. The van der Waals surface area contributed by atoms with Gasteiger partial charge in [-0.3, -0.25) is 9.59 Å². The third-order valence-corrected chi connectivity index (χ3v) is 7.30. The van der Waals surface area contributed by atoms with Gasteiger partial charge in [0.05, 0.1) is 16.9 Å². The Morgan fingerprint density at radius 1 is 0.971 bits per heavy atom. The lowest BCUT2D eigenvalue weighted by Gasteiger charge is -2.46. The number of carbonyl (C=O) groups excluding carboxylic acids is 2. The molecule has 0 fully saturated rings. The van der Waals surface area contributed by atoms with E-state index in [9.17, 15) is 9.59 Å². The molecule has 1 unspecified atom stereocenters. The Balaban J connectivity index is 1.34. The van der Waals surface area contributed by atoms with Gasteiger partial charge in [-0.2, -0.15) is 0 Å². The van der Waals surface area contributed by atoms with Gasteiger partial charge in [-0.25, -0.2) is 0 Å². The second-order valence-corrected chi connectivity index (χ2v) is 9.30. The number of fused-ring (bicyclic) bond motifs is 6. The van der Waals surface area contributed by atoms with Crippen LogP contribution in [0, 0.1) is 0 Å². The van der Waals surface area contributed by atoms with E-state index in [-0.39, 0.29) is 18.0 Å². The van der Waals surface area contributed by atoms with E-state index in [1.807, 2.05) is 65.6 Å². The molecule has 0 aliphatic carbocycles. The van der Waals surface area contributed by atoms with Crippen LogP contribution in [0.4, 0.5) is 5.69 Å². The summed E-state index contributed by atoms with van der Waals surface area (Å²) in [6, 6.07) is 26.2. The molecule has 35 heavy (non-hydrogen) atoms. The number of aromatic nitrogens is 1. The van der Waals surface area contributed by atoms with Crippen molar-refractivity contribution in [2.45, 2.75) is 32.1 Å². The largest absolute Gasteiger partial charge is 0.352 e. The lowest BCUT2D eigenvalue weighted by molar-refractivity contribution is -0.121. The summed E-state index contributed by atoms with van der Waals surface area (Å²) in [6.07, 6.45) is 0.987. The second kappa shape index (κ2) is 8.62. The number of hydrogen-bond acceptors (Lipinski definition) is 3. The molecule has 6 heteroatoms. The van der Waals surface area contributed by atoms with E-state index in [0.29, 0.717) is 26.1 Å². The Morgan fingerprint density at radius 3 is 2.57 bits per heavy atom. The van der Waals surface area contributed by atoms with E-state index in [1.54, 1.807) is 0 Å². The highest BCUT2D eigenvalue weighted by atomic mass is 16.2. The summed E-state index contributed by atoms with van der Waals surface area (Å²) in [4.78, 5) is 30.4. The van der Waals surface area contributed by atoms with Gasteiger partial charge >= 0.3 is 0 Å². The smallest absolute Gasteiger partial charge is 0.257 e. The molecule has 3 heterocycles. The molecule has 2 amide bonds. The van der Waals surface area contributed by atoms with Crippen LogP contribution in [0.25, 0.3) is 10.9 Å². The van der Waals surface area contributed by atoms with Gasteiger partial charge in [0.25, 0.3) is 5.91 Å². The van der Waals surface area contributed by atoms with Gasteiger partial charge in [-0.1, -0.05) is 60.7 Å². The van der Waals surface area contributed by atoms with Gasteiger partial charge in [-0.05, 0) is 35.7 Å². The number of nitrogens with one attached hydrogen (secondary N) is 1. The summed E-state index contributed by atoms with van der Waals surface area (Å²) in [6.45, 7) is 1.76. The van der Waals surface area contributed by atoms with Crippen LogP contribution in [-0.2, 0) is 24.3 Å². The van der Waals surface area contributed by atoms with Crippen LogP contribution in [0.15, 0.2) is 78.9 Å². The summed E-state index contributed by atoms with van der Waals surface area (Å²) < 4.78 is 2.27. The molecule has 0 radical (unpaired) electrons. The lowest BCUT2D eigenvalue weighted by Crippen LogP contribution is -2.51. The van der Waals surface area contributed by atoms with Crippen molar-refractivity contribution in [1.29, 1.82) is 0 Å². The summed E-state index contributed by atoms with van der Waals surface area (Å²) in [5.74, 6) is 0.0956. The maximum atomic E-state index is 13.4. The van der Waals surface area contributed by atoms with Crippen molar-refractivity contribution >= 4 is 28.4 Å². The van der Waals surface area contributed by atoms with E-state index in [4.69, 9.17) is 0 Å². The number of para-hydroxylation sites is 2. The van der Waals surface area contributed by atoms with E-state index >= 15 is 0 Å². The van der Waals surface area contributed by atoms with Crippen LogP contribution in [0.5, 0.6) is 0 Å². The summed E-state index contributed by atoms with van der Waals surface area (Å²) in [5.41, 5.74) is 6.31. The fraction of sp³-hybridized carbons (Fsp3) is 0.241. The van der Waals surface area contributed by atoms with Crippen LogP contribution in [-0.4, -0.2) is 34.9 Å². The van der Waals surface area contributed by atoms with Crippen molar-refractivity contribution in [2.24, 2.45) is 0 Å². The quantitative estimate of drug-likeness (QED) is 0.473. The van der Waals surface area contributed by atoms with Crippen molar-refractivity contribution in [1.82, 2.24) is 14.8 Å². The molecule has 1 atom stereocenters. The average Bonchev–Trinajstić information content (AvgIpc) is 3.23. The number of hydrogen-bond donors (Lipinski definition) is 1. The lowest BCUT2D eigenvalue weighted by atomic mass is 9.96. The first-order valence-electron chi connectivity index (χ1n) is 12.2. The Morgan fingerprint density at radius 2 is 1.71 bits per heavy atom. The SMILES string of the molecule is CN1c2ccccc2C(=O)N2CCc3c(n(CCC(=O)NCc4ccccc4)c4ccccc34)C21. The van der Waals surface area contributed by atoms with E-state index in [2.05, 4.69) is 40.0 Å². The fourth-order valence-electron chi connectivity index (χ4n) is 5.65. The molecular weight excluding hydrogens is 436 g/mol. The highest BCUT2D eigenvalue weighted by molar-refractivity contribution is 6.02. The number of rotatable bonds is 5. The minimum atomic E-state index is -0.194. The van der Waals surface area contributed by atoms with Crippen LogP contribution >= 0.6 is 0 Å². The van der Waals surface area contributed by atoms with Crippen molar-refractivity contribution < 1.29 is 9.59 Å². The normalized spacial score (nSPS) is 16.6. The Bertz CT molecular complexity index is 1430. The molecule has 6 nitrogen and oxygen atoms in total. The maximum absolute atomic E-state index is 13.4. The molecule has 0 saturated carbocycles. The van der Waals surface area contributed by atoms with Crippen LogP contribution in [0.2, 0.25) is 0 Å². The first kappa shape index (κ1) is 21.5. The number of amides is 2. The number of carbonyl (C=O) groups is 2. The zero-order valence-electron chi connectivity index (χ0n) is 19.8. The molecule has 1 N–H and O–H groups in total. The first-order chi connectivity index (χ1) is 17.1. The monoisotopic (exact) mass is 464 g/mol. The number of benzene rings is 3. The van der Waals surface area contributed by atoms with E-state index in [0.717, 1.165) is 34.4 Å². The molecule has 0 spiro atoms. The van der Waals surface area contributed by atoms with Gasteiger partial charge < -0.3 is 19.7 Å². The van der Waals surface area contributed by atoms with Gasteiger partial charge in [0.15, 0.2) is 0 Å². The molecule has 3 aromatic carbocycles. The number of anilines is 1. The standard InChI is InChI=1S/C29H28N4O2/c1-31-24-13-7-6-12-23(24)29(35)33-17-15-22-21-11-5-8-14-25(21)32(27(22)28(31)33)18-16-26(34)30-19-20-9-3-2-4-10-20/h2-14,28H,15-19H2,1H3,(H,30,34). The Kier molecular flexibility index (Phi) is 5.29. The zero-order chi connectivity index (χ0) is 23.9. The molecule has 0 bridgehead atoms. The van der Waals surface area contributed by atoms with Crippen molar-refractivity contribution in [3.8, 4) is 0 Å². The topological polar surface area (TPSA) is 57.6 Å². The third kappa shape index (κ3) is 3.57. The van der Waals surface area contributed by atoms with Crippen LogP contribution in [0.1, 0.15) is 39.8 Å². The van der Waals surface area contributed by atoms with Crippen molar-refractivity contribution in [3.63, 3.8) is 0 Å². The minimum absolute atomic E-state index is 0.0199. The zero-order valence-corrected chi connectivity index (χ0v) is 19.8. The van der Waals surface area contributed by atoms with E-state index < -0.39 is 0 Å². The third-order valence-electron chi connectivity index (χ3n) is 7.30. The molecule has 176 valence electrons. The minimum Gasteiger partial charge on any atom is -0.352 e.